The number of aryl methyl sites for hydroxylation is 1. The first-order valence-corrected chi connectivity index (χ1v) is 9.58. The van der Waals surface area contributed by atoms with Crippen molar-refractivity contribution in [1.82, 2.24) is 14.5 Å². The quantitative estimate of drug-likeness (QED) is 0.833. The minimum atomic E-state index is -3.48. The van der Waals surface area contributed by atoms with Gasteiger partial charge in [-0.05, 0) is 31.0 Å². The summed E-state index contributed by atoms with van der Waals surface area (Å²) >= 11 is 5.92. The van der Waals surface area contributed by atoms with Crippen molar-refractivity contribution in [2.75, 3.05) is 13.1 Å². The van der Waals surface area contributed by atoms with Crippen LogP contribution < -0.4 is 0 Å². The predicted molar refractivity (Wildman–Crippen MR) is 90.8 cm³/mol. The lowest BCUT2D eigenvalue weighted by molar-refractivity contribution is 0.0725. The van der Waals surface area contributed by atoms with E-state index < -0.39 is 15.1 Å². The summed E-state index contributed by atoms with van der Waals surface area (Å²) < 4.78 is 26.8. The first-order chi connectivity index (χ1) is 11.4. The molecule has 8 heteroatoms. The number of carbonyl (C=O) groups excluding carboxylic acids is 1. The highest BCUT2D eigenvalue weighted by atomic mass is 35.5. The molecule has 1 aliphatic rings. The lowest BCUT2D eigenvalue weighted by Crippen LogP contribution is -2.42. The van der Waals surface area contributed by atoms with Crippen molar-refractivity contribution in [2.24, 2.45) is 7.05 Å². The molecule has 0 bridgehead atoms. The molecule has 1 fully saturated rings. The maximum Gasteiger partial charge on any atom is 0.253 e. The van der Waals surface area contributed by atoms with Gasteiger partial charge in [-0.3, -0.25) is 4.79 Å². The number of hydrogen-bond acceptors (Lipinski definition) is 4. The molecule has 0 atom stereocenters. The number of imidazole rings is 1. The van der Waals surface area contributed by atoms with Gasteiger partial charge in [0, 0.05) is 43.1 Å². The van der Waals surface area contributed by atoms with Crippen molar-refractivity contribution in [3.8, 4) is 0 Å². The largest absolute Gasteiger partial charge is 0.339 e. The average molecular weight is 368 g/mol. The second-order valence-electron chi connectivity index (χ2n) is 5.87. The summed E-state index contributed by atoms with van der Waals surface area (Å²) in [6, 6.07) is 6.78. The Bertz CT molecular complexity index is 855. The van der Waals surface area contributed by atoms with Crippen LogP contribution in [-0.2, 0) is 16.9 Å². The lowest BCUT2D eigenvalue weighted by atomic mass is 10.1. The van der Waals surface area contributed by atoms with Gasteiger partial charge in [0.05, 0.1) is 5.25 Å². The first kappa shape index (κ1) is 17.0. The molecule has 0 radical (unpaired) electrons. The molecule has 1 aromatic heterocycles. The van der Waals surface area contributed by atoms with Crippen molar-refractivity contribution in [2.45, 2.75) is 23.2 Å². The number of benzene rings is 1. The highest BCUT2D eigenvalue weighted by Crippen LogP contribution is 2.24. The zero-order valence-electron chi connectivity index (χ0n) is 13.2. The lowest BCUT2D eigenvalue weighted by Gasteiger charge is -2.31. The molecule has 2 aromatic rings. The fourth-order valence-corrected chi connectivity index (χ4v) is 4.94. The van der Waals surface area contributed by atoms with Crippen molar-refractivity contribution >= 4 is 27.3 Å². The highest BCUT2D eigenvalue weighted by molar-refractivity contribution is 7.91. The monoisotopic (exact) mass is 367 g/mol. The fraction of sp³-hybridized carbons (Fsp3) is 0.375. The van der Waals surface area contributed by atoms with Crippen LogP contribution in [0.4, 0.5) is 0 Å². The third kappa shape index (κ3) is 3.18. The van der Waals surface area contributed by atoms with E-state index in [1.165, 1.54) is 10.8 Å². The molecule has 0 saturated carbocycles. The van der Waals surface area contributed by atoms with Crippen molar-refractivity contribution in [3.63, 3.8) is 0 Å². The SMILES string of the molecule is Cn1ccnc1S(=O)(=O)C1CCN(C(=O)c2cccc(Cl)c2)CC1. The van der Waals surface area contributed by atoms with E-state index in [0.29, 0.717) is 36.5 Å². The van der Waals surface area contributed by atoms with Gasteiger partial charge < -0.3 is 9.47 Å². The van der Waals surface area contributed by atoms with E-state index in [-0.39, 0.29) is 11.1 Å². The maximum atomic E-state index is 12.7. The number of carbonyl (C=O) groups is 1. The molecule has 0 unspecified atom stereocenters. The standard InChI is InChI=1S/C16H18ClN3O3S/c1-19-10-7-18-16(19)24(22,23)14-5-8-20(9-6-14)15(21)12-3-2-4-13(17)11-12/h2-4,7,10-11,14H,5-6,8-9H2,1H3. The Morgan fingerprint density at radius 1 is 1.29 bits per heavy atom. The molecule has 0 spiro atoms. The number of aromatic nitrogens is 2. The molecule has 0 N–H and O–H groups in total. The summed E-state index contributed by atoms with van der Waals surface area (Å²) in [5, 5.41) is 0.0808. The molecule has 1 aromatic carbocycles. The topological polar surface area (TPSA) is 72.3 Å². The third-order valence-electron chi connectivity index (χ3n) is 4.27. The van der Waals surface area contributed by atoms with E-state index in [0.717, 1.165) is 0 Å². The second kappa shape index (κ2) is 6.57. The van der Waals surface area contributed by atoms with E-state index in [1.54, 1.807) is 42.4 Å². The Labute approximate surface area is 146 Å². The van der Waals surface area contributed by atoms with Gasteiger partial charge in [-0.2, -0.15) is 0 Å². The Morgan fingerprint density at radius 3 is 2.58 bits per heavy atom. The van der Waals surface area contributed by atoms with Gasteiger partial charge in [0.15, 0.2) is 0 Å². The van der Waals surface area contributed by atoms with Gasteiger partial charge in [0.25, 0.3) is 5.91 Å². The molecule has 128 valence electrons. The van der Waals surface area contributed by atoms with Gasteiger partial charge in [-0.15, -0.1) is 0 Å². The normalized spacial score (nSPS) is 16.3. The number of sulfone groups is 1. The Morgan fingerprint density at radius 2 is 2.00 bits per heavy atom. The molecule has 1 amide bonds. The van der Waals surface area contributed by atoms with Crippen LogP contribution >= 0.6 is 11.6 Å². The molecule has 1 aliphatic heterocycles. The Kier molecular flexibility index (Phi) is 4.64. The zero-order chi connectivity index (χ0) is 17.3. The molecule has 3 rings (SSSR count). The van der Waals surface area contributed by atoms with Crippen LogP contribution in [-0.4, -0.2) is 47.1 Å². The summed E-state index contributed by atoms with van der Waals surface area (Å²) in [6.07, 6.45) is 3.90. The minimum Gasteiger partial charge on any atom is -0.339 e. The predicted octanol–water partition coefficient (Wildman–Crippen LogP) is 2.15. The zero-order valence-corrected chi connectivity index (χ0v) is 14.8. The van der Waals surface area contributed by atoms with Gasteiger partial charge in [-0.25, -0.2) is 13.4 Å². The number of amides is 1. The molecule has 6 nitrogen and oxygen atoms in total. The number of likely N-dealkylation sites (tertiary alicyclic amines) is 1. The molecular weight excluding hydrogens is 350 g/mol. The molecule has 2 heterocycles. The smallest absolute Gasteiger partial charge is 0.253 e. The van der Waals surface area contributed by atoms with E-state index >= 15 is 0 Å². The van der Waals surface area contributed by atoms with Gasteiger partial charge in [0.2, 0.25) is 15.0 Å². The van der Waals surface area contributed by atoms with Gasteiger partial charge in [0.1, 0.15) is 0 Å². The van der Waals surface area contributed by atoms with E-state index in [4.69, 9.17) is 11.6 Å². The fourth-order valence-electron chi connectivity index (χ4n) is 2.95. The van der Waals surface area contributed by atoms with Crippen LogP contribution in [0.3, 0.4) is 0 Å². The van der Waals surface area contributed by atoms with Crippen LogP contribution in [0.2, 0.25) is 5.02 Å². The summed E-state index contributed by atoms with van der Waals surface area (Å²) in [5.74, 6) is -0.120. The average Bonchev–Trinajstić information content (AvgIpc) is 3.01. The van der Waals surface area contributed by atoms with Crippen molar-refractivity contribution in [3.05, 3.63) is 47.2 Å². The molecule has 1 saturated heterocycles. The molecule has 0 aliphatic carbocycles. The van der Waals surface area contributed by atoms with Gasteiger partial charge in [-0.1, -0.05) is 17.7 Å². The van der Waals surface area contributed by atoms with Gasteiger partial charge >= 0.3 is 0 Å². The number of halogens is 1. The summed E-state index contributed by atoms with van der Waals surface area (Å²) in [5.41, 5.74) is 0.521. The number of piperidine rings is 1. The van der Waals surface area contributed by atoms with E-state index in [2.05, 4.69) is 4.98 Å². The Hall–Kier alpha value is -1.86. The minimum absolute atomic E-state index is 0.0853. The third-order valence-corrected chi connectivity index (χ3v) is 6.76. The van der Waals surface area contributed by atoms with E-state index in [9.17, 15) is 13.2 Å². The number of rotatable bonds is 3. The first-order valence-electron chi connectivity index (χ1n) is 7.65. The summed E-state index contributed by atoms with van der Waals surface area (Å²) in [4.78, 5) is 18.1. The van der Waals surface area contributed by atoms with E-state index in [1.807, 2.05) is 0 Å². The molecular formula is C16H18ClN3O3S. The number of hydrogen-bond donors (Lipinski definition) is 0. The highest BCUT2D eigenvalue weighted by Gasteiger charge is 2.35. The summed E-state index contributed by atoms with van der Waals surface area (Å²) in [6.45, 7) is 0.805. The van der Waals surface area contributed by atoms with Crippen molar-refractivity contribution < 1.29 is 13.2 Å². The van der Waals surface area contributed by atoms with Crippen LogP contribution in [0, 0.1) is 0 Å². The molecule has 24 heavy (non-hydrogen) atoms. The Balaban J connectivity index is 1.70. The number of nitrogens with zero attached hydrogens (tertiary/aromatic N) is 3. The second-order valence-corrected chi connectivity index (χ2v) is 8.43. The van der Waals surface area contributed by atoms with Crippen LogP contribution in [0.15, 0.2) is 41.8 Å². The summed E-state index contributed by atoms with van der Waals surface area (Å²) in [7, 11) is -1.81. The maximum absolute atomic E-state index is 12.7. The van der Waals surface area contributed by atoms with Crippen LogP contribution in [0.5, 0.6) is 0 Å². The van der Waals surface area contributed by atoms with Crippen LogP contribution in [0.1, 0.15) is 23.2 Å². The van der Waals surface area contributed by atoms with Crippen LogP contribution in [0.25, 0.3) is 0 Å². The van der Waals surface area contributed by atoms with Crippen molar-refractivity contribution in [1.29, 1.82) is 0 Å².